The molecule has 1 spiro atoms. The highest BCUT2D eigenvalue weighted by molar-refractivity contribution is 5.95. The summed E-state index contributed by atoms with van der Waals surface area (Å²) in [6, 6.07) is 17.5. The van der Waals surface area contributed by atoms with E-state index in [1.54, 1.807) is 19.2 Å². The van der Waals surface area contributed by atoms with Crippen LogP contribution >= 0.6 is 0 Å². The number of hydrogen-bond acceptors (Lipinski definition) is 3. The third kappa shape index (κ3) is 3.07. The molecule has 2 aromatic rings. The lowest BCUT2D eigenvalue weighted by Crippen LogP contribution is -2.61. The van der Waals surface area contributed by atoms with Crippen LogP contribution in [0.4, 0.5) is 0 Å². The Morgan fingerprint density at radius 3 is 2.29 bits per heavy atom. The number of methoxy groups -OCH3 is 1. The zero-order valence-electron chi connectivity index (χ0n) is 16.0. The number of carbonyl (C=O) groups is 2. The standard InChI is InChI=1S/C23H24N2O3/c1-3-21(26)25-15-23(16-25)14-24(13-20(23)17-7-5-4-6-8-17)22(27)18-9-11-19(28-2)12-10-18/h3-12,20H,1,13-16H2,2H3/t20-/m1/s1. The Kier molecular flexibility index (Phi) is 4.67. The van der Waals surface area contributed by atoms with Crippen molar-refractivity contribution in [3.05, 3.63) is 78.4 Å². The summed E-state index contributed by atoms with van der Waals surface area (Å²) in [7, 11) is 1.61. The first-order chi connectivity index (χ1) is 13.6. The minimum absolute atomic E-state index is 0.0222. The van der Waals surface area contributed by atoms with E-state index in [1.807, 2.05) is 40.1 Å². The van der Waals surface area contributed by atoms with E-state index in [2.05, 4.69) is 18.7 Å². The van der Waals surface area contributed by atoms with Crippen LogP contribution in [0.3, 0.4) is 0 Å². The number of carbonyl (C=O) groups excluding carboxylic acids is 2. The van der Waals surface area contributed by atoms with Gasteiger partial charge >= 0.3 is 0 Å². The zero-order chi connectivity index (χ0) is 19.7. The molecule has 2 fully saturated rings. The molecule has 0 aliphatic carbocycles. The van der Waals surface area contributed by atoms with Crippen LogP contribution in [0.1, 0.15) is 21.8 Å². The molecule has 2 aliphatic heterocycles. The normalized spacial score (nSPS) is 20.0. The van der Waals surface area contributed by atoms with Gasteiger partial charge in [-0.15, -0.1) is 0 Å². The molecular weight excluding hydrogens is 352 g/mol. The van der Waals surface area contributed by atoms with Crippen molar-refractivity contribution >= 4 is 11.8 Å². The molecule has 5 nitrogen and oxygen atoms in total. The van der Waals surface area contributed by atoms with E-state index in [1.165, 1.54) is 11.6 Å². The third-order valence-corrected chi connectivity index (χ3v) is 5.97. The smallest absolute Gasteiger partial charge is 0.253 e. The molecule has 4 rings (SSSR count). The number of amides is 2. The van der Waals surface area contributed by atoms with E-state index in [0.29, 0.717) is 31.7 Å². The maximum atomic E-state index is 13.1. The quantitative estimate of drug-likeness (QED) is 0.771. The molecule has 2 heterocycles. The Hall–Kier alpha value is -3.08. The average Bonchev–Trinajstić information content (AvgIpc) is 3.13. The van der Waals surface area contributed by atoms with Crippen LogP contribution in [0.2, 0.25) is 0 Å². The lowest BCUT2D eigenvalue weighted by Gasteiger charge is -2.50. The fourth-order valence-corrected chi connectivity index (χ4v) is 4.50. The van der Waals surface area contributed by atoms with Crippen LogP contribution in [0.25, 0.3) is 0 Å². The van der Waals surface area contributed by atoms with Crippen molar-refractivity contribution in [3.63, 3.8) is 0 Å². The summed E-state index contributed by atoms with van der Waals surface area (Å²) in [6.07, 6.45) is 1.36. The minimum atomic E-state index is -0.0951. The Bertz CT molecular complexity index is 886. The summed E-state index contributed by atoms with van der Waals surface area (Å²) >= 11 is 0. The highest BCUT2D eigenvalue weighted by atomic mass is 16.5. The first kappa shape index (κ1) is 18.3. The van der Waals surface area contributed by atoms with Gasteiger partial charge in [-0.3, -0.25) is 9.59 Å². The van der Waals surface area contributed by atoms with E-state index in [0.717, 1.165) is 5.75 Å². The molecule has 0 bridgehead atoms. The molecule has 2 amide bonds. The summed E-state index contributed by atoms with van der Waals surface area (Å²) in [5.74, 6) is 0.922. The minimum Gasteiger partial charge on any atom is -0.497 e. The summed E-state index contributed by atoms with van der Waals surface area (Å²) in [5.41, 5.74) is 1.78. The van der Waals surface area contributed by atoms with Crippen molar-refractivity contribution < 1.29 is 14.3 Å². The van der Waals surface area contributed by atoms with Gasteiger partial charge in [0.1, 0.15) is 5.75 Å². The van der Waals surface area contributed by atoms with Crippen molar-refractivity contribution in [1.82, 2.24) is 9.80 Å². The van der Waals surface area contributed by atoms with Gasteiger partial charge in [-0.2, -0.15) is 0 Å². The molecule has 144 valence electrons. The molecule has 0 aromatic heterocycles. The highest BCUT2D eigenvalue weighted by Gasteiger charge is 2.56. The first-order valence-corrected chi connectivity index (χ1v) is 9.46. The molecule has 0 unspecified atom stereocenters. The van der Waals surface area contributed by atoms with Crippen LogP contribution < -0.4 is 4.74 Å². The van der Waals surface area contributed by atoms with Gasteiger partial charge in [0, 0.05) is 43.1 Å². The van der Waals surface area contributed by atoms with Crippen LogP contribution in [0.15, 0.2) is 67.3 Å². The molecule has 0 saturated carbocycles. The van der Waals surface area contributed by atoms with Crippen molar-refractivity contribution in [1.29, 1.82) is 0 Å². The molecule has 1 atom stereocenters. The molecule has 5 heteroatoms. The monoisotopic (exact) mass is 376 g/mol. The Balaban J connectivity index is 1.58. The van der Waals surface area contributed by atoms with Crippen LogP contribution in [0, 0.1) is 5.41 Å². The van der Waals surface area contributed by atoms with Crippen molar-refractivity contribution in [3.8, 4) is 5.75 Å². The average molecular weight is 376 g/mol. The van der Waals surface area contributed by atoms with E-state index < -0.39 is 0 Å². The lowest BCUT2D eigenvalue weighted by molar-refractivity contribution is -0.137. The van der Waals surface area contributed by atoms with E-state index in [9.17, 15) is 9.59 Å². The summed E-state index contributed by atoms with van der Waals surface area (Å²) in [6.45, 7) is 6.21. The Labute approximate surface area is 165 Å². The topological polar surface area (TPSA) is 49.9 Å². The predicted octanol–water partition coefficient (Wildman–Crippen LogP) is 2.95. The number of nitrogens with zero attached hydrogens (tertiary/aromatic N) is 2. The Morgan fingerprint density at radius 2 is 1.68 bits per heavy atom. The van der Waals surface area contributed by atoms with Gasteiger partial charge in [0.05, 0.1) is 7.11 Å². The van der Waals surface area contributed by atoms with E-state index >= 15 is 0 Å². The van der Waals surface area contributed by atoms with Crippen LogP contribution in [-0.4, -0.2) is 54.9 Å². The van der Waals surface area contributed by atoms with Gasteiger partial charge in [0.25, 0.3) is 5.91 Å². The number of ether oxygens (including phenoxy) is 1. The van der Waals surface area contributed by atoms with Gasteiger partial charge in [0.2, 0.25) is 5.91 Å². The van der Waals surface area contributed by atoms with Crippen molar-refractivity contribution in [2.45, 2.75) is 5.92 Å². The molecule has 2 aromatic carbocycles. The fraction of sp³-hybridized carbons (Fsp3) is 0.304. The summed E-state index contributed by atoms with van der Waals surface area (Å²) < 4.78 is 5.18. The number of hydrogen-bond donors (Lipinski definition) is 0. The van der Waals surface area contributed by atoms with E-state index in [4.69, 9.17) is 4.74 Å². The fourth-order valence-electron chi connectivity index (χ4n) is 4.50. The molecular formula is C23H24N2O3. The number of benzene rings is 2. The Morgan fingerprint density at radius 1 is 1.04 bits per heavy atom. The van der Waals surface area contributed by atoms with Gasteiger partial charge in [-0.25, -0.2) is 0 Å². The van der Waals surface area contributed by atoms with Crippen LogP contribution in [-0.2, 0) is 4.79 Å². The summed E-state index contributed by atoms with van der Waals surface area (Å²) in [4.78, 5) is 28.8. The van der Waals surface area contributed by atoms with Gasteiger partial charge < -0.3 is 14.5 Å². The molecule has 2 saturated heterocycles. The highest BCUT2D eigenvalue weighted by Crippen LogP contribution is 2.49. The lowest BCUT2D eigenvalue weighted by atomic mass is 9.69. The zero-order valence-corrected chi connectivity index (χ0v) is 16.0. The largest absolute Gasteiger partial charge is 0.497 e. The molecule has 0 N–H and O–H groups in total. The van der Waals surface area contributed by atoms with Gasteiger partial charge in [0.15, 0.2) is 0 Å². The number of rotatable bonds is 4. The third-order valence-electron chi connectivity index (χ3n) is 5.97. The molecule has 0 radical (unpaired) electrons. The van der Waals surface area contributed by atoms with Crippen molar-refractivity contribution in [2.75, 3.05) is 33.3 Å². The molecule has 2 aliphatic rings. The predicted molar refractivity (Wildman–Crippen MR) is 107 cm³/mol. The maximum Gasteiger partial charge on any atom is 0.253 e. The summed E-state index contributed by atoms with van der Waals surface area (Å²) in [5, 5.41) is 0. The van der Waals surface area contributed by atoms with Gasteiger partial charge in [-0.05, 0) is 35.9 Å². The number of likely N-dealkylation sites (tertiary alicyclic amines) is 2. The van der Waals surface area contributed by atoms with Gasteiger partial charge in [-0.1, -0.05) is 36.9 Å². The van der Waals surface area contributed by atoms with E-state index in [-0.39, 0.29) is 23.1 Å². The van der Waals surface area contributed by atoms with Crippen LogP contribution in [0.5, 0.6) is 5.75 Å². The maximum absolute atomic E-state index is 13.1. The second-order valence-electron chi connectivity index (χ2n) is 7.64. The first-order valence-electron chi connectivity index (χ1n) is 9.46. The van der Waals surface area contributed by atoms with Crippen molar-refractivity contribution in [2.24, 2.45) is 5.41 Å². The SMILES string of the molecule is C=CC(=O)N1CC2(C1)CN(C(=O)c1ccc(OC)cc1)C[C@@H]2c1ccccc1. The second kappa shape index (κ2) is 7.15. The molecule has 28 heavy (non-hydrogen) atoms. The second-order valence-corrected chi connectivity index (χ2v) is 7.64.